The highest BCUT2D eigenvalue weighted by Crippen LogP contribution is 2.44. The number of aromatic carboxylic acids is 1. The molecule has 0 radical (unpaired) electrons. The van der Waals surface area contributed by atoms with Crippen molar-refractivity contribution in [2.24, 2.45) is 5.92 Å². The summed E-state index contributed by atoms with van der Waals surface area (Å²) in [7, 11) is 0. The van der Waals surface area contributed by atoms with Crippen LogP contribution in [0.25, 0.3) is 11.1 Å². The maximum atomic E-state index is 12.8. The van der Waals surface area contributed by atoms with Crippen molar-refractivity contribution in [3.05, 3.63) is 83.7 Å². The van der Waals surface area contributed by atoms with Crippen LogP contribution in [0, 0.1) is 5.92 Å². The highest BCUT2D eigenvalue weighted by atomic mass is 16.5. The number of carboxylic acid groups (broad SMARTS) is 1. The predicted octanol–water partition coefficient (Wildman–Crippen LogP) is 3.27. The SMILES string of the molecule is O=C(NC1COCC1C(=O)Nc1cncc(C(=O)O)c1)OCC1c2ccccc2-c2ccccc21. The van der Waals surface area contributed by atoms with Crippen LogP contribution in [0.2, 0.25) is 0 Å². The van der Waals surface area contributed by atoms with E-state index in [1.54, 1.807) is 0 Å². The van der Waals surface area contributed by atoms with Crippen molar-refractivity contribution in [1.29, 1.82) is 0 Å². The molecule has 9 nitrogen and oxygen atoms in total. The molecular formula is C26H23N3O6. The Bertz CT molecular complexity index is 1250. The fraction of sp³-hybridized carbons (Fsp3) is 0.231. The molecule has 0 saturated carbocycles. The molecule has 2 aliphatic rings. The van der Waals surface area contributed by atoms with E-state index < -0.39 is 29.9 Å². The van der Waals surface area contributed by atoms with Gasteiger partial charge in [-0.2, -0.15) is 0 Å². The zero-order valence-electron chi connectivity index (χ0n) is 18.6. The van der Waals surface area contributed by atoms with Crippen LogP contribution in [0.15, 0.2) is 67.0 Å². The van der Waals surface area contributed by atoms with Crippen LogP contribution in [0.5, 0.6) is 0 Å². The minimum Gasteiger partial charge on any atom is -0.478 e. The summed E-state index contributed by atoms with van der Waals surface area (Å²) in [5.74, 6) is -2.28. The second-order valence-electron chi connectivity index (χ2n) is 8.48. The Morgan fingerprint density at radius 2 is 1.69 bits per heavy atom. The fourth-order valence-electron chi connectivity index (χ4n) is 4.61. The zero-order chi connectivity index (χ0) is 24.4. The second-order valence-corrected chi connectivity index (χ2v) is 8.48. The largest absolute Gasteiger partial charge is 0.478 e. The van der Waals surface area contributed by atoms with Crippen LogP contribution >= 0.6 is 0 Å². The fourth-order valence-corrected chi connectivity index (χ4v) is 4.61. The van der Waals surface area contributed by atoms with E-state index >= 15 is 0 Å². The van der Waals surface area contributed by atoms with Gasteiger partial charge < -0.3 is 25.2 Å². The van der Waals surface area contributed by atoms with Gasteiger partial charge in [0.25, 0.3) is 0 Å². The quantitative estimate of drug-likeness (QED) is 0.501. The zero-order valence-corrected chi connectivity index (χ0v) is 18.6. The third-order valence-electron chi connectivity index (χ3n) is 6.32. The lowest BCUT2D eigenvalue weighted by molar-refractivity contribution is -0.120. The van der Waals surface area contributed by atoms with Crippen LogP contribution in [0.4, 0.5) is 10.5 Å². The molecule has 1 fully saturated rings. The summed E-state index contributed by atoms with van der Waals surface area (Å²) < 4.78 is 11.0. The number of carboxylic acids is 1. The molecule has 2 aromatic carbocycles. The number of alkyl carbamates (subject to hydrolysis) is 1. The van der Waals surface area contributed by atoms with Crippen LogP contribution < -0.4 is 10.6 Å². The molecule has 2 atom stereocenters. The lowest BCUT2D eigenvalue weighted by Crippen LogP contribution is -2.44. The lowest BCUT2D eigenvalue weighted by Gasteiger charge is -2.20. The molecule has 2 amide bonds. The number of nitrogens with zero attached hydrogens (tertiary/aromatic N) is 1. The summed E-state index contributed by atoms with van der Waals surface area (Å²) in [6.45, 7) is 0.444. The van der Waals surface area contributed by atoms with Gasteiger partial charge in [-0.15, -0.1) is 0 Å². The Kier molecular flexibility index (Phi) is 6.15. The van der Waals surface area contributed by atoms with Gasteiger partial charge in [-0.3, -0.25) is 9.78 Å². The van der Waals surface area contributed by atoms with Crippen molar-refractivity contribution >= 4 is 23.7 Å². The maximum absolute atomic E-state index is 12.8. The molecule has 3 N–H and O–H groups in total. The molecule has 35 heavy (non-hydrogen) atoms. The van der Waals surface area contributed by atoms with Crippen molar-refractivity contribution in [1.82, 2.24) is 10.3 Å². The first-order chi connectivity index (χ1) is 17.0. The average Bonchev–Trinajstić information content (AvgIpc) is 3.45. The Labute approximate surface area is 201 Å². The molecule has 2 unspecified atom stereocenters. The Morgan fingerprint density at radius 1 is 1.00 bits per heavy atom. The number of fused-ring (bicyclic) bond motifs is 3. The third-order valence-corrected chi connectivity index (χ3v) is 6.32. The molecule has 0 spiro atoms. The van der Waals surface area contributed by atoms with Gasteiger partial charge >= 0.3 is 12.1 Å². The first-order valence-electron chi connectivity index (χ1n) is 11.2. The highest BCUT2D eigenvalue weighted by molar-refractivity contribution is 5.95. The number of hydrogen-bond acceptors (Lipinski definition) is 6. The third kappa shape index (κ3) is 4.58. The van der Waals surface area contributed by atoms with Crippen molar-refractivity contribution in [2.75, 3.05) is 25.1 Å². The Hall–Kier alpha value is -4.24. The minimum atomic E-state index is -1.15. The molecule has 1 aliphatic carbocycles. The van der Waals surface area contributed by atoms with Crippen molar-refractivity contribution < 1.29 is 29.0 Å². The number of amides is 2. The molecule has 1 aliphatic heterocycles. The number of hydrogen-bond donors (Lipinski definition) is 3. The molecule has 1 saturated heterocycles. The van der Waals surface area contributed by atoms with E-state index in [1.165, 1.54) is 18.5 Å². The number of rotatable bonds is 6. The van der Waals surface area contributed by atoms with E-state index in [0.29, 0.717) is 0 Å². The summed E-state index contributed by atoms with van der Waals surface area (Å²) in [5.41, 5.74) is 4.71. The number of nitrogens with one attached hydrogen (secondary N) is 2. The van der Waals surface area contributed by atoms with E-state index in [2.05, 4.69) is 27.8 Å². The van der Waals surface area contributed by atoms with Gasteiger partial charge in [-0.25, -0.2) is 9.59 Å². The maximum Gasteiger partial charge on any atom is 0.407 e. The summed E-state index contributed by atoms with van der Waals surface area (Å²) in [4.78, 5) is 40.4. The van der Waals surface area contributed by atoms with Gasteiger partial charge in [0.1, 0.15) is 6.61 Å². The van der Waals surface area contributed by atoms with Crippen molar-refractivity contribution in [3.8, 4) is 11.1 Å². The highest BCUT2D eigenvalue weighted by Gasteiger charge is 2.36. The molecule has 2 heterocycles. The topological polar surface area (TPSA) is 127 Å². The number of benzene rings is 2. The van der Waals surface area contributed by atoms with E-state index in [1.807, 2.05) is 36.4 Å². The molecule has 178 valence electrons. The van der Waals surface area contributed by atoms with Gasteiger partial charge in [0, 0.05) is 12.1 Å². The van der Waals surface area contributed by atoms with Gasteiger partial charge in [-0.1, -0.05) is 48.5 Å². The molecule has 0 bridgehead atoms. The van der Waals surface area contributed by atoms with E-state index in [-0.39, 0.29) is 37.0 Å². The number of anilines is 1. The van der Waals surface area contributed by atoms with Gasteiger partial charge in [0.15, 0.2) is 0 Å². The summed E-state index contributed by atoms with van der Waals surface area (Å²) >= 11 is 0. The lowest BCUT2D eigenvalue weighted by atomic mass is 9.98. The molecule has 1 aromatic heterocycles. The van der Waals surface area contributed by atoms with Crippen molar-refractivity contribution in [2.45, 2.75) is 12.0 Å². The standard InChI is InChI=1S/C26H23N3O6/c30-24(28-16-9-15(25(31)32)10-27-11-16)22-12-34-14-23(22)29-26(33)35-13-21-19-7-3-1-5-17(19)18-6-2-4-8-20(18)21/h1-11,21-23H,12-14H2,(H,28,30)(H,29,33)(H,31,32). The van der Waals surface area contributed by atoms with Crippen LogP contribution in [-0.2, 0) is 14.3 Å². The van der Waals surface area contributed by atoms with Gasteiger partial charge in [0.2, 0.25) is 5.91 Å². The average molecular weight is 473 g/mol. The van der Waals surface area contributed by atoms with Crippen molar-refractivity contribution in [3.63, 3.8) is 0 Å². The minimum absolute atomic E-state index is 0.0428. The number of pyridine rings is 1. The predicted molar refractivity (Wildman–Crippen MR) is 126 cm³/mol. The monoisotopic (exact) mass is 473 g/mol. The van der Waals surface area contributed by atoms with Crippen LogP contribution in [0.3, 0.4) is 0 Å². The Morgan fingerprint density at radius 3 is 2.37 bits per heavy atom. The number of aromatic nitrogens is 1. The first kappa shape index (κ1) is 22.5. The summed E-state index contributed by atoms with van der Waals surface area (Å²) in [6.07, 6.45) is 1.92. The van der Waals surface area contributed by atoms with Crippen LogP contribution in [0.1, 0.15) is 27.4 Å². The van der Waals surface area contributed by atoms with E-state index in [0.717, 1.165) is 22.3 Å². The first-order valence-corrected chi connectivity index (χ1v) is 11.2. The second kappa shape index (κ2) is 9.55. The number of ether oxygens (including phenoxy) is 2. The Balaban J connectivity index is 1.21. The summed E-state index contributed by atoms with van der Waals surface area (Å²) in [5, 5.41) is 14.5. The van der Waals surface area contributed by atoms with Gasteiger partial charge in [-0.05, 0) is 28.3 Å². The van der Waals surface area contributed by atoms with E-state index in [9.17, 15) is 14.4 Å². The van der Waals surface area contributed by atoms with Gasteiger partial charge in [0.05, 0.1) is 42.6 Å². The number of carbonyl (C=O) groups excluding carboxylic acids is 2. The molecular weight excluding hydrogens is 450 g/mol. The van der Waals surface area contributed by atoms with E-state index in [4.69, 9.17) is 14.6 Å². The molecule has 9 heteroatoms. The van der Waals surface area contributed by atoms with Crippen LogP contribution in [-0.4, -0.2) is 53.9 Å². The molecule has 5 rings (SSSR count). The summed E-state index contributed by atoms with van der Waals surface area (Å²) in [6, 6.07) is 16.9. The smallest absolute Gasteiger partial charge is 0.407 e. The number of carbonyl (C=O) groups is 3. The molecule has 3 aromatic rings. The normalized spacial score (nSPS) is 18.4.